The average Bonchev–Trinajstić information content (AvgIpc) is 2.95. The number of nitrogens with zero attached hydrogens (tertiary/aromatic N) is 2. The van der Waals surface area contributed by atoms with Crippen LogP contribution in [-0.2, 0) is 11.3 Å². The zero-order valence-corrected chi connectivity index (χ0v) is 12.8. The molecule has 0 bridgehead atoms. The van der Waals surface area contributed by atoms with Gasteiger partial charge in [-0.1, -0.05) is 6.92 Å². The number of hydrogen-bond acceptors (Lipinski definition) is 5. The first-order valence-corrected chi connectivity index (χ1v) is 7.84. The van der Waals surface area contributed by atoms with E-state index in [1.807, 2.05) is 6.07 Å². The van der Waals surface area contributed by atoms with Gasteiger partial charge in [0.2, 0.25) is 0 Å². The Morgan fingerprint density at radius 3 is 2.48 bits per heavy atom. The van der Waals surface area contributed by atoms with E-state index in [1.165, 1.54) is 11.3 Å². The first-order valence-electron chi connectivity index (χ1n) is 7.02. The van der Waals surface area contributed by atoms with Crippen LogP contribution in [0.5, 0.6) is 0 Å². The van der Waals surface area contributed by atoms with Crippen molar-refractivity contribution in [3.63, 3.8) is 0 Å². The quantitative estimate of drug-likeness (QED) is 0.843. The Kier molecular flexibility index (Phi) is 5.33. The molecular weight excluding hydrogens is 292 g/mol. The van der Waals surface area contributed by atoms with Crippen LogP contribution in [0.25, 0.3) is 0 Å². The SMILES string of the molecule is CC[C@@H](O)C(=O)N1CCN(Cc2ccc(C(=O)O)s2)CC1. The molecule has 1 aromatic heterocycles. The van der Waals surface area contributed by atoms with E-state index in [0.717, 1.165) is 18.0 Å². The Balaban J connectivity index is 1.83. The lowest BCUT2D eigenvalue weighted by Gasteiger charge is -2.35. The Bertz CT molecular complexity index is 509. The van der Waals surface area contributed by atoms with E-state index in [9.17, 15) is 14.7 Å². The van der Waals surface area contributed by atoms with E-state index < -0.39 is 12.1 Å². The second kappa shape index (κ2) is 7.02. The van der Waals surface area contributed by atoms with E-state index >= 15 is 0 Å². The molecule has 116 valence electrons. The maximum atomic E-state index is 11.9. The van der Waals surface area contributed by atoms with Crippen LogP contribution in [0.1, 0.15) is 27.9 Å². The van der Waals surface area contributed by atoms with Crippen molar-refractivity contribution in [1.29, 1.82) is 0 Å². The van der Waals surface area contributed by atoms with Gasteiger partial charge in [-0.3, -0.25) is 9.69 Å². The predicted molar refractivity (Wildman–Crippen MR) is 79.4 cm³/mol. The summed E-state index contributed by atoms with van der Waals surface area (Å²) in [6, 6.07) is 3.46. The lowest BCUT2D eigenvalue weighted by molar-refractivity contribution is -0.142. The van der Waals surface area contributed by atoms with E-state index in [2.05, 4.69) is 4.90 Å². The molecule has 1 amide bonds. The smallest absolute Gasteiger partial charge is 0.345 e. The van der Waals surface area contributed by atoms with E-state index in [1.54, 1.807) is 17.9 Å². The van der Waals surface area contributed by atoms with Gasteiger partial charge < -0.3 is 15.1 Å². The lowest BCUT2D eigenvalue weighted by Crippen LogP contribution is -2.50. The highest BCUT2D eigenvalue weighted by Crippen LogP contribution is 2.19. The molecule has 21 heavy (non-hydrogen) atoms. The molecule has 1 atom stereocenters. The molecular formula is C14H20N2O4S. The fourth-order valence-electron chi connectivity index (χ4n) is 2.31. The summed E-state index contributed by atoms with van der Waals surface area (Å²) in [5.41, 5.74) is 0. The molecule has 0 unspecified atom stereocenters. The molecule has 6 nitrogen and oxygen atoms in total. The molecule has 0 radical (unpaired) electrons. The summed E-state index contributed by atoms with van der Waals surface area (Å²) in [4.78, 5) is 28.0. The summed E-state index contributed by atoms with van der Waals surface area (Å²) in [6.45, 7) is 5.18. The predicted octanol–water partition coefficient (Wildman–Crippen LogP) is 0.861. The van der Waals surface area contributed by atoms with Crippen molar-refractivity contribution < 1.29 is 19.8 Å². The summed E-state index contributed by atoms with van der Waals surface area (Å²) in [6.07, 6.45) is -0.460. The van der Waals surface area contributed by atoms with Gasteiger partial charge in [0, 0.05) is 37.6 Å². The first-order chi connectivity index (χ1) is 10.0. The number of carbonyl (C=O) groups is 2. The number of hydrogen-bond donors (Lipinski definition) is 2. The van der Waals surface area contributed by atoms with Gasteiger partial charge in [-0.25, -0.2) is 4.79 Å². The molecule has 1 saturated heterocycles. The second-order valence-electron chi connectivity index (χ2n) is 5.10. The molecule has 0 aromatic carbocycles. The Hall–Kier alpha value is -1.44. The van der Waals surface area contributed by atoms with Crippen LogP contribution in [0.2, 0.25) is 0 Å². The fraction of sp³-hybridized carbons (Fsp3) is 0.571. The third-order valence-corrected chi connectivity index (χ3v) is 4.67. The minimum Gasteiger partial charge on any atom is -0.477 e. The highest BCUT2D eigenvalue weighted by molar-refractivity contribution is 7.13. The van der Waals surface area contributed by atoms with Crippen molar-refractivity contribution >= 4 is 23.2 Å². The number of piperazine rings is 1. The summed E-state index contributed by atoms with van der Waals surface area (Å²) in [5, 5.41) is 18.5. The topological polar surface area (TPSA) is 81.1 Å². The fourth-order valence-corrected chi connectivity index (χ4v) is 3.20. The number of aliphatic hydroxyl groups is 1. The van der Waals surface area contributed by atoms with Crippen LogP contribution in [0.15, 0.2) is 12.1 Å². The molecule has 0 saturated carbocycles. The van der Waals surface area contributed by atoms with Crippen molar-refractivity contribution in [2.24, 2.45) is 0 Å². The van der Waals surface area contributed by atoms with Gasteiger partial charge in [0.25, 0.3) is 5.91 Å². The van der Waals surface area contributed by atoms with Gasteiger partial charge >= 0.3 is 5.97 Å². The molecule has 1 fully saturated rings. The summed E-state index contributed by atoms with van der Waals surface area (Å²) >= 11 is 1.29. The summed E-state index contributed by atoms with van der Waals surface area (Å²) in [7, 11) is 0. The van der Waals surface area contributed by atoms with Gasteiger partial charge in [0.15, 0.2) is 0 Å². The number of amides is 1. The van der Waals surface area contributed by atoms with Crippen molar-refractivity contribution in [3.8, 4) is 0 Å². The van der Waals surface area contributed by atoms with Crippen molar-refractivity contribution in [2.45, 2.75) is 26.0 Å². The maximum Gasteiger partial charge on any atom is 0.345 e. The molecule has 1 aliphatic rings. The Morgan fingerprint density at radius 2 is 1.95 bits per heavy atom. The number of thiophene rings is 1. The number of carboxylic acids is 1. The second-order valence-corrected chi connectivity index (χ2v) is 6.26. The largest absolute Gasteiger partial charge is 0.477 e. The molecule has 0 spiro atoms. The molecule has 2 rings (SSSR count). The van der Waals surface area contributed by atoms with E-state index in [4.69, 9.17) is 5.11 Å². The molecule has 2 heterocycles. The van der Waals surface area contributed by atoms with Crippen LogP contribution < -0.4 is 0 Å². The highest BCUT2D eigenvalue weighted by atomic mass is 32.1. The number of carboxylic acid groups (broad SMARTS) is 1. The summed E-state index contributed by atoms with van der Waals surface area (Å²) in [5.74, 6) is -1.09. The van der Waals surface area contributed by atoms with Gasteiger partial charge in [-0.05, 0) is 18.6 Å². The zero-order valence-electron chi connectivity index (χ0n) is 12.0. The number of aliphatic hydroxyl groups excluding tert-OH is 1. The van der Waals surface area contributed by atoms with Gasteiger partial charge in [0.05, 0.1) is 0 Å². The minimum absolute atomic E-state index is 0.193. The Labute approximate surface area is 127 Å². The van der Waals surface area contributed by atoms with Crippen LogP contribution in [0.4, 0.5) is 0 Å². The van der Waals surface area contributed by atoms with E-state index in [-0.39, 0.29) is 5.91 Å². The number of carbonyl (C=O) groups excluding carboxylic acids is 1. The van der Waals surface area contributed by atoms with Crippen molar-refractivity contribution in [2.75, 3.05) is 26.2 Å². The zero-order chi connectivity index (χ0) is 15.4. The first kappa shape index (κ1) is 15.9. The number of aromatic carboxylic acids is 1. The highest BCUT2D eigenvalue weighted by Gasteiger charge is 2.25. The normalized spacial score (nSPS) is 17.7. The van der Waals surface area contributed by atoms with Crippen LogP contribution in [0, 0.1) is 0 Å². The lowest BCUT2D eigenvalue weighted by atomic mass is 10.2. The van der Waals surface area contributed by atoms with E-state index in [0.29, 0.717) is 30.9 Å². The monoisotopic (exact) mass is 312 g/mol. The molecule has 1 aliphatic heterocycles. The van der Waals surface area contributed by atoms with Crippen LogP contribution >= 0.6 is 11.3 Å². The van der Waals surface area contributed by atoms with Crippen molar-refractivity contribution in [3.05, 3.63) is 21.9 Å². The molecule has 7 heteroatoms. The standard InChI is InChI=1S/C14H20N2O4S/c1-2-11(17)13(18)16-7-5-15(6-8-16)9-10-3-4-12(21-10)14(19)20/h3-4,11,17H,2,5-9H2,1H3,(H,19,20)/t11-/m1/s1. The maximum absolute atomic E-state index is 11.9. The third-order valence-electron chi connectivity index (χ3n) is 3.61. The average molecular weight is 312 g/mol. The van der Waals surface area contributed by atoms with Crippen LogP contribution in [0.3, 0.4) is 0 Å². The molecule has 2 N–H and O–H groups in total. The van der Waals surface area contributed by atoms with Gasteiger partial charge in [-0.15, -0.1) is 11.3 Å². The van der Waals surface area contributed by atoms with Crippen molar-refractivity contribution in [1.82, 2.24) is 9.80 Å². The number of rotatable bonds is 5. The molecule has 0 aliphatic carbocycles. The molecule has 1 aromatic rings. The third kappa shape index (κ3) is 4.03. The van der Waals surface area contributed by atoms with Gasteiger partial charge in [0.1, 0.15) is 11.0 Å². The van der Waals surface area contributed by atoms with Gasteiger partial charge in [-0.2, -0.15) is 0 Å². The Morgan fingerprint density at radius 1 is 1.29 bits per heavy atom. The summed E-state index contributed by atoms with van der Waals surface area (Å²) < 4.78 is 0. The minimum atomic E-state index is -0.896. The van der Waals surface area contributed by atoms with Crippen LogP contribution in [-0.4, -0.2) is 64.2 Å².